The zero-order chi connectivity index (χ0) is 9.26. The molecule has 0 aliphatic carbocycles. The zero-order valence-corrected chi connectivity index (χ0v) is 9.60. The predicted molar refractivity (Wildman–Crippen MR) is 58.1 cm³/mol. The second kappa shape index (κ2) is 5.85. The molecule has 0 spiro atoms. The van der Waals surface area contributed by atoms with Crippen molar-refractivity contribution < 1.29 is 9.53 Å². The molecule has 1 aromatic rings. The first-order valence-electron chi connectivity index (χ1n) is 3.93. The van der Waals surface area contributed by atoms with E-state index >= 15 is 0 Å². The van der Waals surface area contributed by atoms with Gasteiger partial charge in [-0.25, -0.2) is 14.8 Å². The molecule has 0 saturated heterocycles. The Kier molecular flexibility index (Phi) is 5.49. The lowest BCUT2D eigenvalue weighted by molar-refractivity contribution is -0.143. The Hall–Kier alpha value is -0.910. The molecular weight excluding hydrogens is 241 g/mol. The summed E-state index contributed by atoms with van der Waals surface area (Å²) in [5.41, 5.74) is 1.68. The molecule has 0 fully saturated rings. The number of nitrogens with zero attached hydrogens (tertiary/aromatic N) is 2. The number of carbonyl (C=O) groups excluding carboxylic acids is 1. The van der Waals surface area contributed by atoms with Gasteiger partial charge in [-0.05, 0) is 0 Å². The molecule has 0 amide bonds. The van der Waals surface area contributed by atoms with E-state index in [9.17, 15) is 4.79 Å². The Morgan fingerprint density at radius 3 is 3.00 bits per heavy atom. The van der Waals surface area contributed by atoms with Gasteiger partial charge in [0.25, 0.3) is 0 Å². The van der Waals surface area contributed by atoms with Gasteiger partial charge in [0.2, 0.25) is 0 Å². The maximum absolute atomic E-state index is 11.2. The van der Waals surface area contributed by atoms with E-state index in [1.54, 1.807) is 6.20 Å². The minimum absolute atomic E-state index is 0. The first-order valence-corrected chi connectivity index (χ1v) is 3.93. The lowest BCUT2D eigenvalue weighted by atomic mass is 10.1. The number of ether oxygens (including phenoxy) is 1. The van der Waals surface area contributed by atoms with Gasteiger partial charge in [0, 0.05) is 18.3 Å². The first-order chi connectivity index (χ1) is 6.33. The Morgan fingerprint density at radius 2 is 2.33 bits per heavy atom. The maximum Gasteiger partial charge on any atom is 0.327 e. The van der Waals surface area contributed by atoms with Gasteiger partial charge in [-0.2, -0.15) is 0 Å². The third kappa shape index (κ3) is 2.56. The number of nitrogens with one attached hydrogen (secondary N) is 1. The number of halogens is 2. The summed E-state index contributed by atoms with van der Waals surface area (Å²) in [6.45, 7) is 0.595. The Morgan fingerprint density at radius 1 is 1.60 bits per heavy atom. The van der Waals surface area contributed by atoms with Gasteiger partial charge in [0.05, 0.1) is 12.8 Å². The van der Waals surface area contributed by atoms with Crippen molar-refractivity contribution in [1.82, 2.24) is 15.3 Å². The summed E-state index contributed by atoms with van der Waals surface area (Å²) in [6.07, 6.45) is 3.12. The number of esters is 1. The van der Waals surface area contributed by atoms with Gasteiger partial charge in [0.1, 0.15) is 12.4 Å². The van der Waals surface area contributed by atoms with Crippen molar-refractivity contribution in [3.63, 3.8) is 0 Å². The van der Waals surface area contributed by atoms with E-state index in [1.165, 1.54) is 13.4 Å². The lowest BCUT2D eigenvalue weighted by Gasteiger charge is -2.07. The van der Waals surface area contributed by atoms with Gasteiger partial charge >= 0.3 is 5.97 Å². The summed E-state index contributed by atoms with van der Waals surface area (Å²) in [6, 6.07) is -0.402. The SMILES string of the molecule is COC(=O)C1NCc2ncncc21.Cl.Cl. The summed E-state index contributed by atoms with van der Waals surface area (Å²) >= 11 is 0. The molecule has 84 valence electrons. The largest absolute Gasteiger partial charge is 0.468 e. The second-order valence-electron chi connectivity index (χ2n) is 2.76. The van der Waals surface area contributed by atoms with Crippen LogP contribution in [0, 0.1) is 0 Å². The van der Waals surface area contributed by atoms with Crippen LogP contribution in [0.25, 0.3) is 0 Å². The molecule has 1 atom stereocenters. The number of aromatic nitrogens is 2. The molecule has 15 heavy (non-hydrogen) atoms. The van der Waals surface area contributed by atoms with Crippen molar-refractivity contribution in [2.75, 3.05) is 7.11 Å². The van der Waals surface area contributed by atoms with Crippen LogP contribution in [0.3, 0.4) is 0 Å². The Balaban J connectivity index is 0.000000980. The summed E-state index contributed by atoms with van der Waals surface area (Å²) in [7, 11) is 1.37. The van der Waals surface area contributed by atoms with Crippen LogP contribution in [0.15, 0.2) is 12.5 Å². The van der Waals surface area contributed by atoms with Crippen LogP contribution < -0.4 is 5.32 Å². The van der Waals surface area contributed by atoms with Gasteiger partial charge in [-0.15, -0.1) is 24.8 Å². The number of fused-ring (bicyclic) bond motifs is 1. The molecule has 0 saturated carbocycles. The molecule has 1 N–H and O–H groups in total. The van der Waals surface area contributed by atoms with Crippen molar-refractivity contribution in [2.24, 2.45) is 0 Å². The summed E-state index contributed by atoms with van der Waals surface area (Å²) in [5, 5.41) is 3.00. The number of methoxy groups -OCH3 is 1. The minimum Gasteiger partial charge on any atom is -0.468 e. The zero-order valence-electron chi connectivity index (χ0n) is 7.97. The van der Waals surface area contributed by atoms with Crippen molar-refractivity contribution >= 4 is 30.8 Å². The van der Waals surface area contributed by atoms with Crippen LogP contribution in [0.1, 0.15) is 17.3 Å². The van der Waals surface area contributed by atoms with Crippen LogP contribution >= 0.6 is 24.8 Å². The highest BCUT2D eigenvalue weighted by molar-refractivity contribution is 5.85. The first kappa shape index (κ1) is 14.1. The maximum atomic E-state index is 11.2. The molecule has 5 nitrogen and oxygen atoms in total. The number of carbonyl (C=O) groups is 1. The molecule has 1 aliphatic rings. The predicted octanol–water partition coefficient (Wildman–Crippen LogP) is 0.637. The van der Waals surface area contributed by atoms with Crippen molar-refractivity contribution in [3.8, 4) is 0 Å². The average molecular weight is 252 g/mol. The molecule has 0 aromatic carbocycles. The van der Waals surface area contributed by atoms with Crippen LogP contribution in [-0.4, -0.2) is 23.0 Å². The summed E-state index contributed by atoms with van der Waals surface area (Å²) < 4.78 is 4.63. The third-order valence-corrected chi connectivity index (χ3v) is 2.05. The second-order valence-corrected chi connectivity index (χ2v) is 2.76. The molecule has 1 aliphatic heterocycles. The van der Waals surface area contributed by atoms with E-state index in [4.69, 9.17) is 0 Å². The third-order valence-electron chi connectivity index (χ3n) is 2.05. The molecule has 1 aromatic heterocycles. The highest BCUT2D eigenvalue weighted by atomic mass is 35.5. The van der Waals surface area contributed by atoms with Crippen molar-refractivity contribution in [2.45, 2.75) is 12.6 Å². The quantitative estimate of drug-likeness (QED) is 0.743. The number of hydrogen-bond acceptors (Lipinski definition) is 5. The van der Waals surface area contributed by atoms with E-state index < -0.39 is 6.04 Å². The molecule has 0 bridgehead atoms. The van der Waals surface area contributed by atoms with Crippen molar-refractivity contribution in [3.05, 3.63) is 23.8 Å². The van der Waals surface area contributed by atoms with E-state index in [0.29, 0.717) is 6.54 Å². The van der Waals surface area contributed by atoms with Crippen LogP contribution in [0.2, 0.25) is 0 Å². The van der Waals surface area contributed by atoms with Crippen LogP contribution in [-0.2, 0) is 16.1 Å². The van der Waals surface area contributed by atoms with Gasteiger partial charge in [-0.1, -0.05) is 0 Å². The normalized spacial score (nSPS) is 17.0. The van der Waals surface area contributed by atoms with E-state index in [-0.39, 0.29) is 30.8 Å². The molecule has 0 radical (unpaired) electrons. The molecule has 2 heterocycles. The fourth-order valence-corrected chi connectivity index (χ4v) is 1.39. The highest BCUT2D eigenvalue weighted by Crippen LogP contribution is 2.22. The van der Waals surface area contributed by atoms with Crippen LogP contribution in [0.4, 0.5) is 0 Å². The molecule has 7 heteroatoms. The van der Waals surface area contributed by atoms with Gasteiger partial charge in [-0.3, -0.25) is 5.32 Å². The summed E-state index contributed by atoms with van der Waals surface area (Å²) in [5.74, 6) is -0.298. The van der Waals surface area contributed by atoms with Gasteiger partial charge in [0.15, 0.2) is 0 Å². The molecule has 2 rings (SSSR count). The molecular formula is C8H11Cl2N3O2. The summed E-state index contributed by atoms with van der Waals surface area (Å²) in [4.78, 5) is 19.1. The lowest BCUT2D eigenvalue weighted by Crippen LogP contribution is -2.23. The molecule has 1 unspecified atom stereocenters. The Labute approximate surface area is 99.5 Å². The number of hydrogen-bond donors (Lipinski definition) is 1. The van der Waals surface area contributed by atoms with Crippen molar-refractivity contribution in [1.29, 1.82) is 0 Å². The topological polar surface area (TPSA) is 64.1 Å². The van der Waals surface area contributed by atoms with E-state index in [2.05, 4.69) is 20.0 Å². The minimum atomic E-state index is -0.402. The van der Waals surface area contributed by atoms with E-state index in [1.807, 2.05) is 0 Å². The average Bonchev–Trinajstić information content (AvgIpc) is 2.60. The van der Waals surface area contributed by atoms with Crippen LogP contribution in [0.5, 0.6) is 0 Å². The fourth-order valence-electron chi connectivity index (χ4n) is 1.39. The fraction of sp³-hybridized carbons (Fsp3) is 0.375. The van der Waals surface area contributed by atoms with E-state index in [0.717, 1.165) is 11.3 Å². The Bertz CT molecular complexity index is 348. The monoisotopic (exact) mass is 251 g/mol. The van der Waals surface area contributed by atoms with Gasteiger partial charge < -0.3 is 4.74 Å². The highest BCUT2D eigenvalue weighted by Gasteiger charge is 2.29. The smallest absolute Gasteiger partial charge is 0.327 e. The number of rotatable bonds is 1. The standard InChI is InChI=1S/C8H9N3O2.2ClH/c1-13-8(12)7-5-2-9-4-11-6(5)3-10-7;;/h2,4,7,10H,3H2,1H3;2*1H.